The molecule has 5 heteroatoms. The summed E-state index contributed by atoms with van der Waals surface area (Å²) in [5.41, 5.74) is 11.9. The molecule has 0 aromatic heterocycles. The molecule has 0 aliphatic rings. The van der Waals surface area contributed by atoms with Crippen molar-refractivity contribution in [3.63, 3.8) is 0 Å². The second-order valence-electron chi connectivity index (χ2n) is 3.74. The van der Waals surface area contributed by atoms with Gasteiger partial charge < -0.3 is 16.2 Å². The molecule has 0 rings (SSSR count). The SMILES string of the molecule is C=C(C)C(=O)OCC(C=C(C)C)N=C(N)N. The Hall–Kier alpha value is -1.78. The molecule has 0 heterocycles. The number of hydrogen-bond acceptors (Lipinski definition) is 3. The Balaban J connectivity index is 4.46. The standard InChI is InChI=1S/C11H19N3O2/c1-7(2)5-9(14-11(12)13)6-16-10(15)8(3)4/h5,9H,3,6H2,1-2,4H3,(H4,12,13,14). The zero-order valence-electron chi connectivity index (χ0n) is 9.99. The van der Waals surface area contributed by atoms with Crippen LogP contribution in [0.3, 0.4) is 0 Å². The average molecular weight is 225 g/mol. The number of hydrogen-bond donors (Lipinski definition) is 2. The lowest BCUT2D eigenvalue weighted by Gasteiger charge is -2.10. The van der Waals surface area contributed by atoms with Gasteiger partial charge in [0.2, 0.25) is 0 Å². The Morgan fingerprint density at radius 3 is 2.38 bits per heavy atom. The molecule has 0 bridgehead atoms. The lowest BCUT2D eigenvalue weighted by atomic mass is 10.2. The third-order valence-electron chi connectivity index (χ3n) is 1.57. The number of esters is 1. The van der Waals surface area contributed by atoms with E-state index in [2.05, 4.69) is 11.6 Å². The first-order valence-corrected chi connectivity index (χ1v) is 4.89. The van der Waals surface area contributed by atoms with Crippen LogP contribution in [0.2, 0.25) is 0 Å². The van der Waals surface area contributed by atoms with Crippen molar-refractivity contribution in [2.45, 2.75) is 26.8 Å². The number of carbonyl (C=O) groups is 1. The first-order chi connectivity index (χ1) is 7.32. The highest BCUT2D eigenvalue weighted by molar-refractivity contribution is 5.87. The number of ether oxygens (including phenoxy) is 1. The maximum absolute atomic E-state index is 11.2. The van der Waals surface area contributed by atoms with E-state index in [1.165, 1.54) is 0 Å². The lowest BCUT2D eigenvalue weighted by molar-refractivity contribution is -0.139. The predicted molar refractivity (Wildman–Crippen MR) is 64.8 cm³/mol. The van der Waals surface area contributed by atoms with Crippen molar-refractivity contribution in [3.05, 3.63) is 23.8 Å². The number of allylic oxidation sites excluding steroid dienone is 1. The van der Waals surface area contributed by atoms with E-state index in [9.17, 15) is 4.79 Å². The molecule has 0 aliphatic heterocycles. The van der Waals surface area contributed by atoms with Gasteiger partial charge in [-0.2, -0.15) is 0 Å². The van der Waals surface area contributed by atoms with E-state index < -0.39 is 5.97 Å². The van der Waals surface area contributed by atoms with Crippen LogP contribution in [0.5, 0.6) is 0 Å². The minimum atomic E-state index is -0.446. The third kappa shape index (κ3) is 6.64. The van der Waals surface area contributed by atoms with Crippen molar-refractivity contribution in [3.8, 4) is 0 Å². The van der Waals surface area contributed by atoms with Gasteiger partial charge in [0.05, 0.1) is 0 Å². The van der Waals surface area contributed by atoms with Gasteiger partial charge in [-0.05, 0) is 20.8 Å². The Labute approximate surface area is 95.9 Å². The van der Waals surface area contributed by atoms with E-state index in [0.717, 1.165) is 5.57 Å². The molecule has 0 fully saturated rings. The molecule has 1 atom stereocenters. The van der Waals surface area contributed by atoms with Crippen LogP contribution >= 0.6 is 0 Å². The monoisotopic (exact) mass is 225 g/mol. The number of aliphatic imine (C=N–C) groups is 1. The fourth-order valence-electron chi connectivity index (χ4n) is 0.983. The highest BCUT2D eigenvalue weighted by Crippen LogP contribution is 2.02. The fraction of sp³-hybridized carbons (Fsp3) is 0.455. The van der Waals surface area contributed by atoms with E-state index in [-0.39, 0.29) is 18.6 Å². The van der Waals surface area contributed by atoms with Crippen molar-refractivity contribution in [2.24, 2.45) is 16.5 Å². The number of nitrogens with zero attached hydrogens (tertiary/aromatic N) is 1. The van der Waals surface area contributed by atoms with Gasteiger partial charge in [0.25, 0.3) is 0 Å². The quantitative estimate of drug-likeness (QED) is 0.237. The maximum Gasteiger partial charge on any atom is 0.333 e. The van der Waals surface area contributed by atoms with Crippen LogP contribution in [0.15, 0.2) is 28.8 Å². The topological polar surface area (TPSA) is 90.7 Å². The Morgan fingerprint density at radius 1 is 1.44 bits per heavy atom. The lowest BCUT2D eigenvalue weighted by Crippen LogP contribution is -2.27. The Bertz CT molecular complexity index is 306. The van der Waals surface area contributed by atoms with Gasteiger partial charge in [0, 0.05) is 5.57 Å². The maximum atomic E-state index is 11.2. The summed E-state index contributed by atoms with van der Waals surface area (Å²) in [4.78, 5) is 15.1. The van der Waals surface area contributed by atoms with E-state index >= 15 is 0 Å². The smallest absolute Gasteiger partial charge is 0.333 e. The first kappa shape index (κ1) is 14.2. The van der Waals surface area contributed by atoms with Crippen LogP contribution in [0.25, 0.3) is 0 Å². The molecule has 0 aromatic carbocycles. The van der Waals surface area contributed by atoms with Crippen LogP contribution in [-0.4, -0.2) is 24.6 Å². The molecule has 0 aromatic rings. The van der Waals surface area contributed by atoms with Crippen LogP contribution in [0, 0.1) is 0 Å². The molecule has 16 heavy (non-hydrogen) atoms. The zero-order valence-corrected chi connectivity index (χ0v) is 9.99. The molecule has 0 radical (unpaired) electrons. The van der Waals surface area contributed by atoms with Crippen molar-refractivity contribution < 1.29 is 9.53 Å². The second kappa shape index (κ2) is 6.66. The molecular weight excluding hydrogens is 206 g/mol. The van der Waals surface area contributed by atoms with Gasteiger partial charge in [-0.25, -0.2) is 9.79 Å². The van der Waals surface area contributed by atoms with Crippen molar-refractivity contribution in [2.75, 3.05) is 6.61 Å². The van der Waals surface area contributed by atoms with E-state index in [0.29, 0.717) is 5.57 Å². The van der Waals surface area contributed by atoms with Crippen molar-refractivity contribution in [1.82, 2.24) is 0 Å². The summed E-state index contributed by atoms with van der Waals surface area (Å²) in [6.45, 7) is 8.99. The summed E-state index contributed by atoms with van der Waals surface area (Å²) in [7, 11) is 0. The second-order valence-corrected chi connectivity index (χ2v) is 3.74. The van der Waals surface area contributed by atoms with Gasteiger partial charge >= 0.3 is 5.97 Å². The molecule has 0 saturated heterocycles. The van der Waals surface area contributed by atoms with E-state index in [1.807, 2.05) is 19.9 Å². The summed E-state index contributed by atoms with van der Waals surface area (Å²) in [5, 5.41) is 0. The highest BCUT2D eigenvalue weighted by atomic mass is 16.5. The zero-order chi connectivity index (χ0) is 12.7. The van der Waals surface area contributed by atoms with E-state index in [1.54, 1.807) is 6.92 Å². The Morgan fingerprint density at radius 2 is 2.00 bits per heavy atom. The molecular formula is C11H19N3O2. The van der Waals surface area contributed by atoms with Crippen molar-refractivity contribution >= 4 is 11.9 Å². The van der Waals surface area contributed by atoms with E-state index in [4.69, 9.17) is 16.2 Å². The fourth-order valence-corrected chi connectivity index (χ4v) is 0.983. The van der Waals surface area contributed by atoms with Gasteiger partial charge in [-0.3, -0.25) is 0 Å². The minimum absolute atomic E-state index is 0.0335. The molecule has 0 aliphatic carbocycles. The third-order valence-corrected chi connectivity index (χ3v) is 1.57. The molecule has 5 nitrogen and oxygen atoms in total. The summed E-state index contributed by atoms with van der Waals surface area (Å²) >= 11 is 0. The first-order valence-electron chi connectivity index (χ1n) is 4.89. The molecule has 0 amide bonds. The van der Waals surface area contributed by atoms with Gasteiger partial charge in [0.1, 0.15) is 12.6 Å². The Kier molecular flexibility index (Phi) is 5.92. The predicted octanol–water partition coefficient (Wildman–Crippen LogP) is 0.714. The molecule has 0 saturated carbocycles. The minimum Gasteiger partial charge on any atom is -0.460 e. The number of rotatable bonds is 5. The number of carbonyl (C=O) groups excluding carboxylic acids is 1. The molecule has 4 N–H and O–H groups in total. The van der Waals surface area contributed by atoms with Crippen LogP contribution in [-0.2, 0) is 9.53 Å². The summed E-state index contributed by atoms with van der Waals surface area (Å²) in [6, 6.07) is -0.349. The van der Waals surface area contributed by atoms with Crippen molar-refractivity contribution in [1.29, 1.82) is 0 Å². The van der Waals surface area contributed by atoms with Crippen LogP contribution < -0.4 is 11.5 Å². The number of nitrogens with two attached hydrogens (primary N) is 2. The molecule has 1 unspecified atom stereocenters. The summed E-state index contributed by atoms with van der Waals surface area (Å²) in [6.07, 6.45) is 1.82. The average Bonchev–Trinajstić information content (AvgIpc) is 2.11. The molecule has 0 spiro atoms. The van der Waals surface area contributed by atoms with Gasteiger partial charge in [0.15, 0.2) is 5.96 Å². The molecule has 90 valence electrons. The highest BCUT2D eigenvalue weighted by Gasteiger charge is 2.09. The normalized spacial score (nSPS) is 11.2. The largest absolute Gasteiger partial charge is 0.460 e. The van der Waals surface area contributed by atoms with Crippen LogP contribution in [0.1, 0.15) is 20.8 Å². The van der Waals surface area contributed by atoms with Gasteiger partial charge in [-0.15, -0.1) is 0 Å². The number of guanidine groups is 1. The van der Waals surface area contributed by atoms with Crippen LogP contribution in [0.4, 0.5) is 0 Å². The summed E-state index contributed by atoms with van der Waals surface area (Å²) in [5.74, 6) is -0.480. The summed E-state index contributed by atoms with van der Waals surface area (Å²) < 4.78 is 4.97. The van der Waals surface area contributed by atoms with Gasteiger partial charge in [-0.1, -0.05) is 18.2 Å².